The van der Waals surface area contributed by atoms with E-state index in [0.717, 1.165) is 6.61 Å². The molecule has 6 heteroatoms. The van der Waals surface area contributed by atoms with Crippen LogP contribution in [0.1, 0.15) is 0 Å². The molecule has 1 atom stereocenters. The largest absolute Gasteiger partial charge is 0.528 e. The van der Waals surface area contributed by atoms with Gasteiger partial charge in [0.2, 0.25) is 0 Å². The minimum atomic E-state index is -2.57. The fraction of sp³-hybridized carbons (Fsp3) is 0.778. The molecule has 88 valence electrons. The molecule has 1 heterocycles. The summed E-state index contributed by atoms with van der Waals surface area (Å²) in [6.07, 6.45) is 2.15. The molecular weight excluding hydrogens is 216 g/mol. The molecule has 15 heavy (non-hydrogen) atoms. The number of ether oxygens (including phenoxy) is 2. The Kier molecular flexibility index (Phi) is 5.44. The van der Waals surface area contributed by atoms with E-state index < -0.39 is 8.80 Å². The lowest BCUT2D eigenvalue weighted by molar-refractivity contribution is 0.133. The second-order valence-electron chi connectivity index (χ2n) is 3.11. The Morgan fingerprint density at radius 3 is 2.33 bits per heavy atom. The van der Waals surface area contributed by atoms with E-state index in [1.807, 2.05) is 6.08 Å². The lowest BCUT2D eigenvalue weighted by Crippen LogP contribution is -2.41. The van der Waals surface area contributed by atoms with E-state index in [1.165, 1.54) is 0 Å². The molecule has 0 aliphatic carbocycles. The topological polar surface area (TPSA) is 49.5 Å². The Morgan fingerprint density at radius 1 is 1.27 bits per heavy atom. The molecule has 1 rings (SSSR count). The summed E-state index contributed by atoms with van der Waals surface area (Å²) in [4.78, 5) is 0. The van der Waals surface area contributed by atoms with Gasteiger partial charge in [0.1, 0.15) is 6.10 Å². The maximum absolute atomic E-state index is 5.33. The van der Waals surface area contributed by atoms with Crippen molar-refractivity contribution in [3.8, 4) is 0 Å². The van der Waals surface area contributed by atoms with Gasteiger partial charge in [0, 0.05) is 21.3 Å². The first kappa shape index (κ1) is 12.8. The van der Waals surface area contributed by atoms with Crippen LogP contribution in [-0.4, -0.2) is 56.1 Å². The second kappa shape index (κ2) is 6.36. The van der Waals surface area contributed by atoms with Crippen LogP contribution in [-0.2, 0) is 22.8 Å². The normalized spacial score (nSPS) is 21.1. The molecule has 0 radical (unpaired) electrons. The summed E-state index contributed by atoms with van der Waals surface area (Å²) >= 11 is 0. The molecule has 1 unspecified atom stereocenters. The summed E-state index contributed by atoms with van der Waals surface area (Å²) in [5.41, 5.74) is 1.81. The van der Waals surface area contributed by atoms with Gasteiger partial charge in [0.05, 0.1) is 19.8 Å². The van der Waals surface area contributed by atoms with Crippen LogP contribution in [0, 0.1) is 0 Å². The fourth-order valence-electron chi connectivity index (χ4n) is 1.08. The van der Waals surface area contributed by atoms with Gasteiger partial charge in [-0.1, -0.05) is 6.08 Å². The molecule has 1 fully saturated rings. The number of hydrogen-bond acceptors (Lipinski definition) is 5. The van der Waals surface area contributed by atoms with Gasteiger partial charge < -0.3 is 22.8 Å². The number of hydrogen-bond donors (Lipinski definition) is 0. The summed E-state index contributed by atoms with van der Waals surface area (Å²) in [7, 11) is 2.14. The Balaban J connectivity index is 2.19. The van der Waals surface area contributed by atoms with E-state index in [1.54, 1.807) is 27.0 Å². The highest BCUT2D eigenvalue weighted by molar-refractivity contribution is 6.66. The summed E-state index contributed by atoms with van der Waals surface area (Å²) in [5, 5.41) is 0. The zero-order valence-electron chi connectivity index (χ0n) is 9.39. The predicted molar refractivity (Wildman–Crippen MR) is 56.5 cm³/mol. The Bertz CT molecular complexity index is 192. The first-order valence-corrected chi connectivity index (χ1v) is 6.59. The summed E-state index contributed by atoms with van der Waals surface area (Å²) in [6.45, 7) is 1.98. The lowest BCUT2D eigenvalue weighted by atomic mass is 10.5. The molecule has 0 amide bonds. The van der Waals surface area contributed by atoms with Crippen molar-refractivity contribution in [3.63, 3.8) is 0 Å². The predicted octanol–water partition coefficient (Wildman–Crippen LogP) is 0.375. The van der Waals surface area contributed by atoms with Crippen molar-refractivity contribution in [2.24, 2.45) is 0 Å². The maximum atomic E-state index is 5.33. The molecule has 0 aromatic carbocycles. The van der Waals surface area contributed by atoms with E-state index in [4.69, 9.17) is 22.8 Å². The van der Waals surface area contributed by atoms with Gasteiger partial charge in [-0.15, -0.1) is 0 Å². The minimum Gasteiger partial charge on any atom is -0.375 e. The van der Waals surface area contributed by atoms with Crippen LogP contribution >= 0.6 is 0 Å². The molecule has 0 saturated carbocycles. The van der Waals surface area contributed by atoms with Crippen LogP contribution in [0.4, 0.5) is 0 Å². The first-order valence-electron chi connectivity index (χ1n) is 4.79. The molecule has 0 bridgehead atoms. The third-order valence-electron chi connectivity index (χ3n) is 2.10. The van der Waals surface area contributed by atoms with Crippen LogP contribution in [0.2, 0.25) is 0 Å². The van der Waals surface area contributed by atoms with Crippen molar-refractivity contribution in [2.75, 3.05) is 41.2 Å². The van der Waals surface area contributed by atoms with Crippen LogP contribution in [0.5, 0.6) is 0 Å². The Labute approximate surface area is 91.3 Å². The summed E-state index contributed by atoms with van der Waals surface area (Å²) < 4.78 is 25.9. The zero-order chi connectivity index (χ0) is 11.1. The van der Waals surface area contributed by atoms with Crippen molar-refractivity contribution in [1.29, 1.82) is 0 Å². The number of rotatable bonds is 8. The van der Waals surface area contributed by atoms with Gasteiger partial charge in [-0.05, 0) is 5.70 Å². The highest BCUT2D eigenvalue weighted by Gasteiger charge is 2.34. The highest BCUT2D eigenvalue weighted by Crippen LogP contribution is 2.09. The molecule has 0 N–H and O–H groups in total. The van der Waals surface area contributed by atoms with E-state index in [9.17, 15) is 0 Å². The van der Waals surface area contributed by atoms with Crippen LogP contribution in [0.25, 0.3) is 0 Å². The van der Waals surface area contributed by atoms with Crippen molar-refractivity contribution in [1.82, 2.24) is 0 Å². The van der Waals surface area contributed by atoms with Gasteiger partial charge in [-0.3, -0.25) is 0 Å². The quantitative estimate of drug-likeness (QED) is 0.345. The van der Waals surface area contributed by atoms with Gasteiger partial charge >= 0.3 is 8.80 Å². The van der Waals surface area contributed by atoms with Gasteiger partial charge in [-0.25, -0.2) is 0 Å². The van der Waals surface area contributed by atoms with Crippen molar-refractivity contribution < 1.29 is 22.8 Å². The highest BCUT2D eigenvalue weighted by atomic mass is 28.4. The molecular formula is C9H18O5Si. The van der Waals surface area contributed by atoms with Crippen LogP contribution < -0.4 is 0 Å². The van der Waals surface area contributed by atoms with Crippen LogP contribution in [0.15, 0.2) is 11.8 Å². The molecule has 1 aliphatic heterocycles. The molecule has 1 aliphatic rings. The third kappa shape index (κ3) is 4.41. The fourth-order valence-corrected chi connectivity index (χ4v) is 2.37. The molecule has 5 nitrogen and oxygen atoms in total. The van der Waals surface area contributed by atoms with E-state index >= 15 is 0 Å². The SMILES string of the molecule is CO[Si](/C=C/COCC1CO1)(OC)OC. The third-order valence-corrected chi connectivity index (χ3v) is 4.45. The Hall–Kier alpha value is -0.243. The summed E-state index contributed by atoms with van der Waals surface area (Å²) in [5.74, 6) is 0. The van der Waals surface area contributed by atoms with E-state index in [0.29, 0.717) is 19.3 Å². The molecule has 0 spiro atoms. The first-order chi connectivity index (χ1) is 7.26. The van der Waals surface area contributed by atoms with E-state index in [2.05, 4.69) is 0 Å². The van der Waals surface area contributed by atoms with Crippen molar-refractivity contribution in [2.45, 2.75) is 6.10 Å². The molecule has 0 aromatic heterocycles. The standard InChI is InChI=1S/C9H18O5Si/c1-10-15(11-2,12-3)6-4-5-13-7-9-8-14-9/h4,6,9H,5,7-8H2,1-3H3/b6-4+. The van der Waals surface area contributed by atoms with Gasteiger partial charge in [-0.2, -0.15) is 0 Å². The van der Waals surface area contributed by atoms with Gasteiger partial charge in [0.15, 0.2) is 0 Å². The average Bonchev–Trinajstić information content (AvgIpc) is 3.08. The zero-order valence-corrected chi connectivity index (χ0v) is 10.4. The lowest BCUT2D eigenvalue weighted by Gasteiger charge is -2.20. The Morgan fingerprint density at radius 2 is 1.87 bits per heavy atom. The smallest absolute Gasteiger partial charge is 0.375 e. The van der Waals surface area contributed by atoms with Gasteiger partial charge in [0.25, 0.3) is 0 Å². The van der Waals surface area contributed by atoms with Crippen LogP contribution in [0.3, 0.4) is 0 Å². The van der Waals surface area contributed by atoms with Crippen molar-refractivity contribution in [3.05, 3.63) is 11.8 Å². The molecule has 0 aromatic rings. The maximum Gasteiger partial charge on any atom is 0.528 e. The summed E-state index contributed by atoms with van der Waals surface area (Å²) in [6, 6.07) is 0. The molecule has 1 saturated heterocycles. The number of epoxide rings is 1. The average molecular weight is 234 g/mol. The van der Waals surface area contributed by atoms with Crippen molar-refractivity contribution >= 4 is 8.80 Å². The minimum absolute atomic E-state index is 0.299. The monoisotopic (exact) mass is 234 g/mol. The second-order valence-corrected chi connectivity index (χ2v) is 5.88. The van der Waals surface area contributed by atoms with E-state index in [-0.39, 0.29) is 0 Å².